The lowest BCUT2D eigenvalue weighted by molar-refractivity contribution is -0.125. The van der Waals surface area contributed by atoms with Crippen LogP contribution >= 0.6 is 11.6 Å². The number of benzene rings is 1. The summed E-state index contributed by atoms with van der Waals surface area (Å²) in [5, 5.41) is 8.44. The van der Waals surface area contributed by atoms with Gasteiger partial charge in [-0.15, -0.1) is 0 Å². The van der Waals surface area contributed by atoms with E-state index in [4.69, 9.17) is 25.6 Å². The molecule has 4 rings (SSSR count). The average Bonchev–Trinajstić information content (AvgIpc) is 3.33. The van der Waals surface area contributed by atoms with E-state index in [1.165, 1.54) is 7.11 Å². The maximum Gasteiger partial charge on any atom is 0.246 e. The third kappa shape index (κ3) is 4.44. The number of aromatic nitrogens is 3. The summed E-state index contributed by atoms with van der Waals surface area (Å²) in [6.45, 7) is 2.60. The highest BCUT2D eigenvalue weighted by atomic mass is 35.5. The van der Waals surface area contributed by atoms with Gasteiger partial charge in [-0.25, -0.2) is 0 Å². The normalized spacial score (nSPS) is 15.1. The summed E-state index contributed by atoms with van der Waals surface area (Å²) in [4.78, 5) is 16.0. The molecule has 0 atom stereocenters. The number of para-hydroxylation sites is 1. The van der Waals surface area contributed by atoms with Crippen LogP contribution < -0.4 is 5.32 Å². The maximum absolute atomic E-state index is 11.5. The van der Waals surface area contributed by atoms with Gasteiger partial charge in [-0.05, 0) is 24.8 Å². The smallest absolute Gasteiger partial charge is 0.246 e. The molecule has 1 saturated heterocycles. The standard InChI is InChI=1S/C20H23ClN4O4/c1-27-12-17(26)22-9-18-23-20(24-29-18)15-11-25(10-13-5-7-28-8-6-13)19-14(15)3-2-4-16(19)21/h2-4,11,13H,5-10,12H2,1H3,(H,22,26). The van der Waals surface area contributed by atoms with E-state index in [-0.39, 0.29) is 19.1 Å². The molecule has 1 N–H and O–H groups in total. The monoisotopic (exact) mass is 418 g/mol. The Bertz CT molecular complexity index is 994. The third-order valence-electron chi connectivity index (χ3n) is 5.07. The van der Waals surface area contributed by atoms with Crippen molar-refractivity contribution in [3.8, 4) is 11.4 Å². The number of nitrogens with zero attached hydrogens (tertiary/aromatic N) is 3. The Morgan fingerprint density at radius 3 is 3.00 bits per heavy atom. The van der Waals surface area contributed by atoms with Crippen molar-refractivity contribution >= 4 is 28.4 Å². The number of amides is 1. The first-order valence-corrected chi connectivity index (χ1v) is 9.97. The van der Waals surface area contributed by atoms with Gasteiger partial charge >= 0.3 is 0 Å². The molecule has 3 aromatic rings. The molecular weight excluding hydrogens is 396 g/mol. The second-order valence-corrected chi connectivity index (χ2v) is 7.52. The number of fused-ring (bicyclic) bond motifs is 1. The van der Waals surface area contributed by atoms with Crippen molar-refractivity contribution in [1.82, 2.24) is 20.0 Å². The highest BCUT2D eigenvalue weighted by Gasteiger charge is 2.21. The Hall–Kier alpha value is -2.42. The molecule has 154 valence electrons. The third-order valence-corrected chi connectivity index (χ3v) is 5.37. The van der Waals surface area contributed by atoms with E-state index < -0.39 is 0 Å². The first kappa shape index (κ1) is 19.9. The molecule has 1 aliphatic rings. The number of halogens is 1. The van der Waals surface area contributed by atoms with Gasteiger partial charge in [-0.3, -0.25) is 4.79 Å². The van der Waals surface area contributed by atoms with Gasteiger partial charge in [-0.1, -0.05) is 28.9 Å². The molecule has 0 bridgehead atoms. The Labute approximate surface area is 173 Å². The lowest BCUT2D eigenvalue weighted by Crippen LogP contribution is -2.26. The summed E-state index contributed by atoms with van der Waals surface area (Å²) in [7, 11) is 1.46. The molecule has 8 nitrogen and oxygen atoms in total. The summed E-state index contributed by atoms with van der Waals surface area (Å²) in [5.41, 5.74) is 1.82. The highest BCUT2D eigenvalue weighted by Crippen LogP contribution is 2.34. The van der Waals surface area contributed by atoms with Crippen LogP contribution in [0.3, 0.4) is 0 Å². The van der Waals surface area contributed by atoms with E-state index in [1.807, 2.05) is 24.4 Å². The van der Waals surface area contributed by atoms with Gasteiger partial charge in [-0.2, -0.15) is 4.98 Å². The second-order valence-electron chi connectivity index (χ2n) is 7.11. The van der Waals surface area contributed by atoms with Crippen LogP contribution in [0.15, 0.2) is 28.9 Å². The van der Waals surface area contributed by atoms with Crippen LogP contribution in [0.5, 0.6) is 0 Å². The predicted octanol–water partition coefficient (Wildman–Crippen LogP) is 3.03. The van der Waals surface area contributed by atoms with E-state index in [2.05, 4.69) is 20.0 Å². The molecule has 1 aromatic carbocycles. The zero-order valence-electron chi connectivity index (χ0n) is 16.2. The molecule has 1 amide bonds. The van der Waals surface area contributed by atoms with Gasteiger partial charge in [0.1, 0.15) is 6.61 Å². The van der Waals surface area contributed by atoms with E-state index in [0.717, 1.165) is 49.1 Å². The maximum atomic E-state index is 11.5. The van der Waals surface area contributed by atoms with Gasteiger partial charge in [0.15, 0.2) is 0 Å². The summed E-state index contributed by atoms with van der Waals surface area (Å²) < 4.78 is 17.8. The van der Waals surface area contributed by atoms with Crippen LogP contribution in [0, 0.1) is 5.92 Å². The second kappa shape index (κ2) is 8.94. The van der Waals surface area contributed by atoms with Crippen LogP contribution in [0.4, 0.5) is 0 Å². The van der Waals surface area contributed by atoms with Crippen molar-refractivity contribution in [2.75, 3.05) is 26.9 Å². The van der Waals surface area contributed by atoms with Crippen molar-refractivity contribution in [3.05, 3.63) is 35.3 Å². The van der Waals surface area contributed by atoms with Gasteiger partial charge < -0.3 is 23.9 Å². The van der Waals surface area contributed by atoms with Crippen molar-refractivity contribution < 1.29 is 18.8 Å². The van der Waals surface area contributed by atoms with Gasteiger partial charge in [0.25, 0.3) is 0 Å². The minimum atomic E-state index is -0.243. The van der Waals surface area contributed by atoms with Crippen LogP contribution in [-0.4, -0.2) is 47.5 Å². The zero-order valence-corrected chi connectivity index (χ0v) is 16.9. The number of nitrogens with one attached hydrogen (secondary N) is 1. The van der Waals surface area contributed by atoms with Crippen molar-refractivity contribution in [2.45, 2.75) is 25.9 Å². The van der Waals surface area contributed by atoms with E-state index >= 15 is 0 Å². The van der Waals surface area contributed by atoms with E-state index in [1.54, 1.807) is 0 Å². The number of hydrogen-bond acceptors (Lipinski definition) is 6. The Morgan fingerprint density at radius 1 is 1.38 bits per heavy atom. The van der Waals surface area contributed by atoms with Crippen molar-refractivity contribution in [2.24, 2.45) is 5.92 Å². The van der Waals surface area contributed by atoms with Crippen molar-refractivity contribution in [3.63, 3.8) is 0 Å². The number of ether oxygens (including phenoxy) is 2. The molecule has 0 radical (unpaired) electrons. The first-order valence-electron chi connectivity index (χ1n) is 9.59. The van der Waals surface area contributed by atoms with Crippen LogP contribution in [0.25, 0.3) is 22.3 Å². The Kier molecular flexibility index (Phi) is 6.13. The molecule has 1 aliphatic heterocycles. The predicted molar refractivity (Wildman–Crippen MR) is 108 cm³/mol. The van der Waals surface area contributed by atoms with E-state index in [0.29, 0.717) is 22.7 Å². The minimum Gasteiger partial charge on any atom is -0.381 e. The fourth-order valence-electron chi connectivity index (χ4n) is 3.64. The molecule has 0 saturated carbocycles. The van der Waals surface area contributed by atoms with Gasteiger partial charge in [0, 0.05) is 44.0 Å². The summed E-state index contributed by atoms with van der Waals surface area (Å²) >= 11 is 6.53. The molecule has 29 heavy (non-hydrogen) atoms. The van der Waals surface area contributed by atoms with Gasteiger partial charge in [0.05, 0.1) is 17.1 Å². The molecule has 3 heterocycles. The molecule has 1 fully saturated rings. The topological polar surface area (TPSA) is 91.4 Å². The summed E-state index contributed by atoms with van der Waals surface area (Å²) in [5.74, 6) is 1.10. The molecule has 0 spiro atoms. The van der Waals surface area contributed by atoms with E-state index in [9.17, 15) is 4.79 Å². The fourth-order valence-corrected chi connectivity index (χ4v) is 3.92. The van der Waals surface area contributed by atoms with Crippen LogP contribution in [0.2, 0.25) is 5.02 Å². The summed E-state index contributed by atoms with van der Waals surface area (Å²) in [6.07, 6.45) is 4.10. The summed E-state index contributed by atoms with van der Waals surface area (Å²) in [6, 6.07) is 5.81. The average molecular weight is 419 g/mol. The Morgan fingerprint density at radius 2 is 2.21 bits per heavy atom. The lowest BCUT2D eigenvalue weighted by atomic mass is 10.0. The number of hydrogen-bond donors (Lipinski definition) is 1. The first-order chi connectivity index (χ1) is 14.2. The number of rotatable bonds is 7. The van der Waals surface area contributed by atoms with Crippen LogP contribution in [0.1, 0.15) is 18.7 Å². The van der Waals surface area contributed by atoms with Crippen LogP contribution in [-0.2, 0) is 27.4 Å². The molecule has 0 aliphatic carbocycles. The van der Waals surface area contributed by atoms with Gasteiger partial charge in [0.2, 0.25) is 17.6 Å². The molecule has 2 aromatic heterocycles. The largest absolute Gasteiger partial charge is 0.381 e. The number of carbonyl (C=O) groups is 1. The zero-order chi connectivity index (χ0) is 20.2. The SMILES string of the molecule is COCC(=O)NCc1nc(-c2cn(CC3CCOCC3)c3c(Cl)cccc23)no1. The number of methoxy groups -OCH3 is 1. The molecule has 0 unspecified atom stereocenters. The lowest BCUT2D eigenvalue weighted by Gasteiger charge is -2.23. The number of carbonyl (C=O) groups excluding carboxylic acids is 1. The highest BCUT2D eigenvalue weighted by molar-refractivity contribution is 6.35. The quantitative estimate of drug-likeness (QED) is 0.634. The van der Waals surface area contributed by atoms with Crippen molar-refractivity contribution in [1.29, 1.82) is 0 Å². The molecule has 9 heteroatoms. The molecular formula is C20H23ClN4O4. The minimum absolute atomic E-state index is 0.0147. The Balaban J connectivity index is 1.60. The fraction of sp³-hybridized carbons (Fsp3) is 0.450.